The van der Waals surface area contributed by atoms with Crippen LogP contribution in [0.25, 0.3) is 0 Å². The number of hydrogen-bond donors (Lipinski definition) is 2. The molecule has 0 bridgehead atoms. The number of fused-ring (bicyclic) bond motifs is 2. The molecule has 2 aromatic rings. The summed E-state index contributed by atoms with van der Waals surface area (Å²) in [5.74, 6) is 0.662. The number of ether oxygens (including phenoxy) is 1. The largest absolute Gasteiger partial charge is 0.478 e. The third-order valence-corrected chi connectivity index (χ3v) is 4.96. The van der Waals surface area contributed by atoms with Crippen LogP contribution in [-0.2, 0) is 4.79 Å². The number of nitrogens with one attached hydrogen (secondary N) is 2. The molecule has 6 heteroatoms. The summed E-state index contributed by atoms with van der Waals surface area (Å²) < 4.78 is 6.12. The Kier molecular flexibility index (Phi) is 3.56. The van der Waals surface area contributed by atoms with E-state index in [2.05, 4.69) is 10.3 Å². The molecule has 2 amide bonds. The van der Waals surface area contributed by atoms with Crippen LogP contribution in [0.2, 0.25) is 0 Å². The zero-order valence-electron chi connectivity index (χ0n) is 14.5. The maximum absolute atomic E-state index is 12.3. The lowest BCUT2D eigenvalue weighted by atomic mass is 9.86. The number of aromatic amines is 1. The lowest BCUT2D eigenvalue weighted by Crippen LogP contribution is -2.42. The van der Waals surface area contributed by atoms with E-state index in [1.807, 2.05) is 38.1 Å². The monoisotopic (exact) mass is 339 g/mol. The fraction of sp³-hybridized carbons (Fsp3) is 0.368. The molecule has 1 aromatic heterocycles. The Morgan fingerprint density at radius 3 is 2.76 bits per heavy atom. The number of amides is 2. The van der Waals surface area contributed by atoms with Gasteiger partial charge in [-0.25, -0.2) is 0 Å². The maximum atomic E-state index is 12.3. The first-order valence-corrected chi connectivity index (χ1v) is 8.50. The second-order valence-electron chi connectivity index (χ2n) is 7.04. The van der Waals surface area contributed by atoms with Gasteiger partial charge in [0.25, 0.3) is 11.8 Å². The molecule has 2 aliphatic rings. The van der Waals surface area contributed by atoms with Gasteiger partial charge in [0, 0.05) is 31.3 Å². The highest BCUT2D eigenvalue weighted by Gasteiger charge is 2.37. The predicted octanol–water partition coefficient (Wildman–Crippen LogP) is 2.59. The molecule has 1 aromatic carbocycles. The molecule has 0 radical (unpaired) electrons. The van der Waals surface area contributed by atoms with Gasteiger partial charge in [-0.1, -0.05) is 26.0 Å². The van der Waals surface area contributed by atoms with Crippen molar-refractivity contribution in [1.29, 1.82) is 0 Å². The first-order valence-electron chi connectivity index (χ1n) is 8.50. The van der Waals surface area contributed by atoms with E-state index in [0.717, 1.165) is 11.1 Å². The van der Waals surface area contributed by atoms with Crippen LogP contribution in [0.15, 0.2) is 30.5 Å². The maximum Gasteiger partial charge on any atom is 0.270 e. The van der Waals surface area contributed by atoms with Crippen LogP contribution in [0.5, 0.6) is 5.75 Å². The standard InChI is InChI=1S/C19H21N3O3/c1-10(2)16-18(23)21-14-6-4-5-12(17(14)25-16)13-9-22(3)19(24)15-11(13)7-8-20-15/h4-8,10,13,16,20H,9H2,1-3H3,(H,21,23). The van der Waals surface area contributed by atoms with Gasteiger partial charge in [-0.2, -0.15) is 0 Å². The number of carbonyl (C=O) groups is 2. The Morgan fingerprint density at radius 2 is 2.00 bits per heavy atom. The van der Waals surface area contributed by atoms with Gasteiger partial charge in [-0.15, -0.1) is 0 Å². The molecular weight excluding hydrogens is 318 g/mol. The molecule has 130 valence electrons. The minimum absolute atomic E-state index is 0.00159. The van der Waals surface area contributed by atoms with Gasteiger partial charge in [-0.3, -0.25) is 9.59 Å². The van der Waals surface area contributed by atoms with Crippen molar-refractivity contribution in [1.82, 2.24) is 9.88 Å². The second kappa shape index (κ2) is 5.65. The van der Waals surface area contributed by atoms with Crippen molar-refractivity contribution in [3.05, 3.63) is 47.3 Å². The van der Waals surface area contributed by atoms with Gasteiger partial charge in [-0.05, 0) is 23.6 Å². The van der Waals surface area contributed by atoms with Crippen LogP contribution >= 0.6 is 0 Å². The number of aromatic nitrogens is 1. The topological polar surface area (TPSA) is 74.4 Å². The third-order valence-electron chi connectivity index (χ3n) is 4.96. The van der Waals surface area contributed by atoms with E-state index in [0.29, 0.717) is 23.7 Å². The fourth-order valence-electron chi connectivity index (χ4n) is 3.65. The second-order valence-corrected chi connectivity index (χ2v) is 7.04. The summed E-state index contributed by atoms with van der Waals surface area (Å²) in [4.78, 5) is 29.3. The normalized spacial score (nSPS) is 22.3. The summed E-state index contributed by atoms with van der Waals surface area (Å²) in [6, 6.07) is 7.73. The van der Waals surface area contributed by atoms with Crippen LogP contribution in [0, 0.1) is 5.92 Å². The molecular formula is C19H21N3O3. The van der Waals surface area contributed by atoms with Crippen LogP contribution in [0.4, 0.5) is 5.69 Å². The first-order chi connectivity index (χ1) is 12.0. The Bertz CT molecular complexity index is 855. The summed E-state index contributed by atoms with van der Waals surface area (Å²) in [7, 11) is 1.80. The summed E-state index contributed by atoms with van der Waals surface area (Å²) in [5, 5.41) is 2.96. The number of rotatable bonds is 2. The number of hydrogen-bond acceptors (Lipinski definition) is 3. The molecule has 0 spiro atoms. The van der Waals surface area contributed by atoms with Gasteiger partial charge in [0.2, 0.25) is 0 Å². The zero-order valence-corrected chi connectivity index (χ0v) is 14.5. The average Bonchev–Trinajstić information content (AvgIpc) is 3.06. The van der Waals surface area contributed by atoms with Crippen molar-refractivity contribution >= 4 is 17.5 Å². The van der Waals surface area contributed by atoms with Crippen molar-refractivity contribution in [3.8, 4) is 5.75 Å². The van der Waals surface area contributed by atoms with Crippen molar-refractivity contribution < 1.29 is 14.3 Å². The molecule has 4 rings (SSSR count). The smallest absolute Gasteiger partial charge is 0.270 e. The Labute approximate surface area is 146 Å². The van der Waals surface area contributed by atoms with E-state index in [-0.39, 0.29) is 23.7 Å². The fourth-order valence-corrected chi connectivity index (χ4v) is 3.65. The minimum atomic E-state index is -0.512. The lowest BCUT2D eigenvalue weighted by Gasteiger charge is -2.34. The summed E-state index contributed by atoms with van der Waals surface area (Å²) >= 11 is 0. The molecule has 2 atom stereocenters. The number of nitrogens with zero attached hydrogens (tertiary/aromatic N) is 1. The van der Waals surface area contributed by atoms with Gasteiger partial charge >= 0.3 is 0 Å². The Morgan fingerprint density at radius 1 is 1.20 bits per heavy atom. The Balaban J connectivity index is 1.81. The van der Waals surface area contributed by atoms with E-state index < -0.39 is 6.10 Å². The summed E-state index contributed by atoms with van der Waals surface area (Å²) in [5.41, 5.74) is 3.27. The summed E-state index contributed by atoms with van der Waals surface area (Å²) in [6.45, 7) is 4.51. The number of benzene rings is 1. The number of para-hydroxylation sites is 1. The minimum Gasteiger partial charge on any atom is -0.478 e. The quantitative estimate of drug-likeness (QED) is 0.883. The van der Waals surface area contributed by atoms with Crippen LogP contribution in [0.1, 0.15) is 41.4 Å². The predicted molar refractivity (Wildman–Crippen MR) is 93.9 cm³/mol. The van der Waals surface area contributed by atoms with Gasteiger partial charge in [0.1, 0.15) is 11.4 Å². The van der Waals surface area contributed by atoms with Gasteiger partial charge < -0.3 is 19.9 Å². The van der Waals surface area contributed by atoms with Crippen molar-refractivity contribution in [2.45, 2.75) is 25.9 Å². The molecule has 0 fully saturated rings. The number of anilines is 1. The molecule has 2 N–H and O–H groups in total. The van der Waals surface area contributed by atoms with Crippen molar-refractivity contribution in [2.75, 3.05) is 18.9 Å². The van der Waals surface area contributed by atoms with E-state index in [4.69, 9.17) is 4.74 Å². The van der Waals surface area contributed by atoms with Crippen LogP contribution < -0.4 is 10.1 Å². The van der Waals surface area contributed by atoms with E-state index in [9.17, 15) is 9.59 Å². The van der Waals surface area contributed by atoms with E-state index >= 15 is 0 Å². The molecule has 0 saturated heterocycles. The molecule has 0 saturated carbocycles. The lowest BCUT2D eigenvalue weighted by molar-refractivity contribution is -0.125. The summed E-state index contributed by atoms with van der Waals surface area (Å²) in [6.07, 6.45) is 1.28. The highest BCUT2D eigenvalue weighted by molar-refractivity contribution is 5.99. The molecule has 2 unspecified atom stereocenters. The molecule has 3 heterocycles. The number of H-pyrrole nitrogens is 1. The number of likely N-dealkylation sites (N-methyl/N-ethyl adjacent to an activating group) is 1. The highest BCUT2D eigenvalue weighted by atomic mass is 16.5. The Hall–Kier alpha value is -2.76. The van der Waals surface area contributed by atoms with Crippen LogP contribution in [0.3, 0.4) is 0 Å². The average molecular weight is 339 g/mol. The zero-order chi connectivity index (χ0) is 17.7. The molecule has 6 nitrogen and oxygen atoms in total. The van der Waals surface area contributed by atoms with Gasteiger partial charge in [0.15, 0.2) is 6.10 Å². The SMILES string of the molecule is CC(C)C1Oc2c(cccc2C2CN(C)C(=O)c3[nH]ccc32)NC1=O. The van der Waals surface area contributed by atoms with Crippen LogP contribution in [-0.4, -0.2) is 41.4 Å². The number of carbonyl (C=O) groups excluding carboxylic acids is 2. The molecule has 25 heavy (non-hydrogen) atoms. The third kappa shape index (κ3) is 2.40. The van der Waals surface area contributed by atoms with Crippen molar-refractivity contribution in [3.63, 3.8) is 0 Å². The van der Waals surface area contributed by atoms with Gasteiger partial charge in [0.05, 0.1) is 5.69 Å². The first kappa shape index (κ1) is 15.7. The van der Waals surface area contributed by atoms with E-state index in [1.54, 1.807) is 18.1 Å². The molecule has 2 aliphatic heterocycles. The van der Waals surface area contributed by atoms with E-state index in [1.165, 1.54) is 0 Å². The van der Waals surface area contributed by atoms with Crippen molar-refractivity contribution in [2.24, 2.45) is 5.92 Å². The highest BCUT2D eigenvalue weighted by Crippen LogP contribution is 2.42. The molecule has 0 aliphatic carbocycles.